The summed E-state index contributed by atoms with van der Waals surface area (Å²) in [4.78, 5) is 18.7. The maximum Gasteiger partial charge on any atom is 0.410 e. The van der Waals surface area contributed by atoms with Crippen LogP contribution >= 0.6 is 0 Å². The topological polar surface area (TPSA) is 62.7 Å². The van der Waals surface area contributed by atoms with Crippen LogP contribution in [0.5, 0.6) is 0 Å². The second-order valence-corrected chi connectivity index (χ2v) is 8.60. The molecule has 0 bridgehead atoms. The summed E-state index contributed by atoms with van der Waals surface area (Å²) in [5, 5.41) is 11.5. The number of hydrogen-bond acceptors (Lipinski definition) is 4. The second-order valence-electron chi connectivity index (χ2n) is 8.60. The third kappa shape index (κ3) is 2.74. The lowest BCUT2D eigenvalue weighted by atomic mass is 9.62. The third-order valence-electron chi connectivity index (χ3n) is 5.79. The minimum atomic E-state index is -0.897. The first-order valence-electron chi connectivity index (χ1n) is 9.11. The molecule has 0 aromatic carbocycles. The van der Waals surface area contributed by atoms with Crippen molar-refractivity contribution < 1.29 is 14.6 Å². The average molecular weight is 342 g/mol. The number of rotatable bonds is 0. The normalized spacial score (nSPS) is 33.4. The van der Waals surface area contributed by atoms with Gasteiger partial charge in [-0.25, -0.2) is 4.79 Å². The van der Waals surface area contributed by atoms with E-state index in [4.69, 9.17) is 4.74 Å². The summed E-state index contributed by atoms with van der Waals surface area (Å²) < 4.78 is 5.51. The molecule has 1 saturated heterocycles. The first-order chi connectivity index (χ1) is 11.8. The summed E-state index contributed by atoms with van der Waals surface area (Å²) in [6.07, 6.45) is 7.59. The van der Waals surface area contributed by atoms with Crippen molar-refractivity contribution in [3.63, 3.8) is 0 Å². The van der Waals surface area contributed by atoms with E-state index in [1.165, 1.54) is 0 Å². The van der Waals surface area contributed by atoms with Gasteiger partial charge in [0.05, 0.1) is 17.8 Å². The summed E-state index contributed by atoms with van der Waals surface area (Å²) in [7, 11) is 0. The van der Waals surface area contributed by atoms with E-state index in [1.807, 2.05) is 33.0 Å². The van der Waals surface area contributed by atoms with Gasteiger partial charge in [0.25, 0.3) is 0 Å². The first-order valence-corrected chi connectivity index (χ1v) is 9.11. The van der Waals surface area contributed by atoms with E-state index in [1.54, 1.807) is 4.90 Å². The van der Waals surface area contributed by atoms with E-state index >= 15 is 0 Å². The van der Waals surface area contributed by atoms with E-state index in [9.17, 15) is 9.90 Å². The Morgan fingerprint density at radius 2 is 2.20 bits per heavy atom. The zero-order chi connectivity index (χ0) is 17.8. The van der Waals surface area contributed by atoms with E-state index < -0.39 is 11.2 Å². The molecule has 0 radical (unpaired) electrons. The van der Waals surface area contributed by atoms with Crippen LogP contribution < -0.4 is 0 Å². The fraction of sp³-hybridized carbons (Fsp3) is 0.600. The van der Waals surface area contributed by atoms with Crippen LogP contribution in [-0.4, -0.2) is 45.4 Å². The maximum atomic E-state index is 12.5. The van der Waals surface area contributed by atoms with Gasteiger partial charge in [-0.3, -0.25) is 4.98 Å². The molecule has 25 heavy (non-hydrogen) atoms. The molecule has 1 aromatic heterocycles. The second kappa shape index (κ2) is 5.56. The number of ether oxygens (including phenoxy) is 1. The summed E-state index contributed by atoms with van der Waals surface area (Å²) >= 11 is 0. The molecule has 0 spiro atoms. The Bertz CT molecular complexity index is 724. The minimum Gasteiger partial charge on any atom is -0.444 e. The monoisotopic (exact) mass is 342 g/mol. The van der Waals surface area contributed by atoms with Gasteiger partial charge in [0, 0.05) is 30.5 Å². The van der Waals surface area contributed by atoms with Crippen molar-refractivity contribution in [1.82, 2.24) is 9.88 Å². The van der Waals surface area contributed by atoms with Gasteiger partial charge >= 0.3 is 6.09 Å². The molecule has 134 valence electrons. The van der Waals surface area contributed by atoms with Gasteiger partial charge in [-0.15, -0.1) is 0 Å². The number of fused-ring (bicyclic) bond motifs is 5. The van der Waals surface area contributed by atoms with Crippen LogP contribution in [0.2, 0.25) is 0 Å². The highest BCUT2D eigenvalue weighted by atomic mass is 16.6. The molecule has 2 fully saturated rings. The van der Waals surface area contributed by atoms with Crippen LogP contribution in [0.25, 0.3) is 6.08 Å². The molecule has 2 aliphatic carbocycles. The number of β-amino-alcohol motifs (C(OH)–C–C–N with tert-alkyl or cyclic N) is 1. The number of pyridine rings is 1. The molecule has 5 heteroatoms. The van der Waals surface area contributed by atoms with Gasteiger partial charge in [0.2, 0.25) is 0 Å². The third-order valence-corrected chi connectivity index (χ3v) is 5.79. The van der Waals surface area contributed by atoms with Crippen molar-refractivity contribution in [3.05, 3.63) is 35.7 Å². The van der Waals surface area contributed by atoms with E-state index in [0.717, 1.165) is 24.1 Å². The number of carbonyl (C=O) groups is 1. The standard InChI is InChI=1S/C20H26N2O3/c1-19(2,3)25-18(23)22-11-14-7-8-15-16(20(14,24)12-22)9-6-13-5-4-10-21-17(13)15/h4-6,9-10,14-16,24H,7-8,11-12H2,1-3H3/t14-,15-,16-,20-/m1/s1. The van der Waals surface area contributed by atoms with Gasteiger partial charge in [0.1, 0.15) is 5.60 Å². The summed E-state index contributed by atoms with van der Waals surface area (Å²) in [6, 6.07) is 4.02. The maximum absolute atomic E-state index is 12.5. The first kappa shape index (κ1) is 16.6. The fourth-order valence-electron chi connectivity index (χ4n) is 4.71. The number of hydrogen-bond donors (Lipinski definition) is 1. The van der Waals surface area contributed by atoms with Crippen molar-refractivity contribution in [2.24, 2.45) is 11.8 Å². The Balaban J connectivity index is 1.59. The summed E-state index contributed by atoms with van der Waals surface area (Å²) in [5.74, 6) is 0.318. The largest absolute Gasteiger partial charge is 0.444 e. The van der Waals surface area contributed by atoms with Crippen molar-refractivity contribution in [1.29, 1.82) is 0 Å². The molecule has 4 rings (SSSR count). The quantitative estimate of drug-likeness (QED) is 0.786. The number of likely N-dealkylation sites (tertiary alicyclic amines) is 1. The van der Waals surface area contributed by atoms with Gasteiger partial charge in [-0.1, -0.05) is 18.2 Å². The summed E-state index contributed by atoms with van der Waals surface area (Å²) in [6.45, 7) is 6.50. The Morgan fingerprint density at radius 1 is 1.40 bits per heavy atom. The van der Waals surface area contributed by atoms with Crippen molar-refractivity contribution >= 4 is 12.2 Å². The molecule has 1 aromatic rings. The molecule has 3 aliphatic rings. The smallest absolute Gasteiger partial charge is 0.410 e. The van der Waals surface area contributed by atoms with E-state index in [-0.39, 0.29) is 23.8 Å². The highest BCUT2D eigenvalue weighted by molar-refractivity contribution is 5.69. The Labute approximate surface area is 148 Å². The van der Waals surface area contributed by atoms with Crippen molar-refractivity contribution in [3.8, 4) is 0 Å². The zero-order valence-corrected chi connectivity index (χ0v) is 15.1. The fourth-order valence-corrected chi connectivity index (χ4v) is 4.71. The average Bonchev–Trinajstić information content (AvgIpc) is 2.91. The van der Waals surface area contributed by atoms with Crippen molar-refractivity contribution in [2.75, 3.05) is 13.1 Å². The van der Waals surface area contributed by atoms with Crippen LogP contribution in [-0.2, 0) is 4.74 Å². The molecular formula is C20H26N2O3. The molecule has 5 nitrogen and oxygen atoms in total. The predicted octanol–water partition coefficient (Wildman–Crippen LogP) is 3.20. The number of aliphatic hydroxyl groups is 1. The highest BCUT2D eigenvalue weighted by Crippen LogP contribution is 2.52. The molecule has 0 unspecified atom stereocenters. The number of nitrogens with zero attached hydrogens (tertiary/aromatic N) is 2. The molecule has 4 atom stereocenters. The number of carbonyl (C=O) groups excluding carboxylic acids is 1. The predicted molar refractivity (Wildman–Crippen MR) is 95.0 cm³/mol. The van der Waals surface area contributed by atoms with E-state index in [2.05, 4.69) is 23.2 Å². The van der Waals surface area contributed by atoms with Crippen LogP contribution in [0.1, 0.15) is 50.8 Å². The van der Waals surface area contributed by atoms with Crippen LogP contribution in [0.3, 0.4) is 0 Å². The van der Waals surface area contributed by atoms with Crippen LogP contribution in [0, 0.1) is 11.8 Å². The highest BCUT2D eigenvalue weighted by Gasteiger charge is 2.57. The molecule has 1 aliphatic heterocycles. The lowest BCUT2D eigenvalue weighted by Crippen LogP contribution is -2.51. The van der Waals surface area contributed by atoms with Crippen LogP contribution in [0.4, 0.5) is 4.79 Å². The number of amides is 1. The summed E-state index contributed by atoms with van der Waals surface area (Å²) in [5.41, 5.74) is 0.806. The minimum absolute atomic E-state index is 0.00101. The van der Waals surface area contributed by atoms with Gasteiger partial charge < -0.3 is 14.7 Å². The SMILES string of the molecule is CC(C)(C)OC(=O)N1C[C@H]2CC[C@H]3c4ncccc4C=C[C@H]3[C@@]2(O)C1. The molecule has 1 saturated carbocycles. The molecule has 1 N–H and O–H groups in total. The lowest BCUT2D eigenvalue weighted by molar-refractivity contribution is -0.0595. The Kier molecular flexibility index (Phi) is 3.69. The van der Waals surface area contributed by atoms with Gasteiger partial charge in [-0.05, 0) is 45.2 Å². The molecule has 1 amide bonds. The van der Waals surface area contributed by atoms with E-state index in [0.29, 0.717) is 13.1 Å². The van der Waals surface area contributed by atoms with Gasteiger partial charge in [0.15, 0.2) is 0 Å². The Hall–Kier alpha value is -1.88. The molecular weight excluding hydrogens is 316 g/mol. The van der Waals surface area contributed by atoms with Gasteiger partial charge in [-0.2, -0.15) is 0 Å². The van der Waals surface area contributed by atoms with Crippen molar-refractivity contribution in [2.45, 2.75) is 50.7 Å². The molecule has 2 heterocycles. The lowest BCUT2D eigenvalue weighted by Gasteiger charge is -2.46. The Morgan fingerprint density at radius 3 is 2.96 bits per heavy atom. The number of aromatic nitrogens is 1. The zero-order valence-electron chi connectivity index (χ0n) is 15.1. The van der Waals surface area contributed by atoms with Crippen LogP contribution in [0.15, 0.2) is 24.4 Å².